The molecule has 1 aliphatic rings. The van der Waals surface area contributed by atoms with Gasteiger partial charge in [-0.15, -0.1) is 10.2 Å². The van der Waals surface area contributed by atoms with Gasteiger partial charge in [0, 0.05) is 0 Å². The second-order valence-electron chi connectivity index (χ2n) is 9.11. The minimum Gasteiger partial charge on any atom is -0.494 e. The van der Waals surface area contributed by atoms with Gasteiger partial charge in [-0.3, -0.25) is 4.57 Å². The van der Waals surface area contributed by atoms with E-state index in [9.17, 15) is 12.8 Å². The highest BCUT2D eigenvalue weighted by molar-refractivity contribution is 7.91. The van der Waals surface area contributed by atoms with Crippen molar-refractivity contribution >= 4 is 9.84 Å². The summed E-state index contributed by atoms with van der Waals surface area (Å²) in [6, 6.07) is 15.1. The second kappa shape index (κ2) is 10.4. The van der Waals surface area contributed by atoms with Crippen molar-refractivity contribution in [1.29, 1.82) is 0 Å². The third-order valence-corrected chi connectivity index (χ3v) is 9.01. The number of halogens is 1. The van der Waals surface area contributed by atoms with Crippen molar-refractivity contribution < 1.29 is 26.7 Å². The molecule has 4 aromatic rings. The fraction of sp³-hybridized carbons (Fsp3) is 0.333. The third-order valence-electron chi connectivity index (χ3n) is 6.90. The zero-order valence-corrected chi connectivity index (χ0v) is 21.4. The number of hydrogen-bond donors (Lipinski definition) is 0. The van der Waals surface area contributed by atoms with E-state index < -0.39 is 15.1 Å². The van der Waals surface area contributed by atoms with E-state index in [4.69, 9.17) is 13.9 Å². The standard InChI is InChI=1S/C27H28FN3O5S/c1-34-22-8-4-9-23(35-2)26(22)31-25(29-30-27(31)24-10-5-15-36-24)17-37(32,33)21-7-3-6-19(16-21)18-11-13-20(28)14-12-18/h4-5,8-15,19,21H,3,6-7,16-17H2,1-2H3/t19-,21-/m0/s1. The molecule has 0 amide bonds. The molecule has 0 N–H and O–H groups in total. The van der Waals surface area contributed by atoms with Crippen molar-refractivity contribution in [1.82, 2.24) is 14.8 Å². The van der Waals surface area contributed by atoms with E-state index >= 15 is 0 Å². The van der Waals surface area contributed by atoms with Crippen LogP contribution in [0.2, 0.25) is 0 Å². The molecule has 10 heteroatoms. The molecule has 2 aromatic heterocycles. The monoisotopic (exact) mass is 525 g/mol. The van der Waals surface area contributed by atoms with Crippen LogP contribution in [0.4, 0.5) is 4.39 Å². The maximum atomic E-state index is 13.7. The molecule has 8 nitrogen and oxygen atoms in total. The van der Waals surface area contributed by atoms with E-state index in [-0.39, 0.29) is 23.3 Å². The summed E-state index contributed by atoms with van der Waals surface area (Å²) in [5, 5.41) is 8.03. The van der Waals surface area contributed by atoms with Gasteiger partial charge in [0.25, 0.3) is 0 Å². The van der Waals surface area contributed by atoms with E-state index in [0.29, 0.717) is 41.6 Å². The molecular weight excluding hydrogens is 497 g/mol. The molecule has 0 unspecified atom stereocenters. The predicted molar refractivity (Wildman–Crippen MR) is 136 cm³/mol. The summed E-state index contributed by atoms with van der Waals surface area (Å²) in [6.45, 7) is 0. The number of furan rings is 1. The Bertz CT molecular complexity index is 1440. The topological polar surface area (TPSA) is 96.5 Å². The van der Waals surface area contributed by atoms with Gasteiger partial charge in [0.15, 0.2) is 21.4 Å². The van der Waals surface area contributed by atoms with Crippen LogP contribution in [0.1, 0.15) is 43.0 Å². The molecule has 1 fully saturated rings. The number of hydrogen-bond acceptors (Lipinski definition) is 7. The first-order chi connectivity index (χ1) is 17.9. The van der Waals surface area contributed by atoms with Crippen molar-refractivity contribution in [3.63, 3.8) is 0 Å². The average Bonchev–Trinajstić information content (AvgIpc) is 3.58. The van der Waals surface area contributed by atoms with Gasteiger partial charge in [-0.05, 0) is 67.1 Å². The summed E-state index contributed by atoms with van der Waals surface area (Å²) in [4.78, 5) is 0. The molecule has 0 radical (unpaired) electrons. The first kappa shape index (κ1) is 25.0. The molecule has 0 saturated heterocycles. The highest BCUT2D eigenvalue weighted by Crippen LogP contribution is 2.39. The Morgan fingerprint density at radius 3 is 2.38 bits per heavy atom. The Hall–Kier alpha value is -3.66. The Morgan fingerprint density at radius 2 is 1.73 bits per heavy atom. The molecule has 5 rings (SSSR count). The minimum absolute atomic E-state index is 0.0555. The van der Waals surface area contributed by atoms with Crippen molar-refractivity contribution in [2.45, 2.75) is 42.6 Å². The number of nitrogens with zero attached hydrogens (tertiary/aromatic N) is 3. The first-order valence-corrected chi connectivity index (χ1v) is 13.8. The summed E-state index contributed by atoms with van der Waals surface area (Å²) in [5.41, 5.74) is 1.45. The summed E-state index contributed by atoms with van der Waals surface area (Å²) in [6.07, 6.45) is 4.20. The zero-order valence-electron chi connectivity index (χ0n) is 20.6. The van der Waals surface area contributed by atoms with E-state index in [1.165, 1.54) is 32.6 Å². The molecule has 2 aromatic carbocycles. The van der Waals surface area contributed by atoms with Crippen molar-refractivity contribution in [3.8, 4) is 28.8 Å². The van der Waals surface area contributed by atoms with E-state index in [1.807, 2.05) is 0 Å². The molecule has 1 aliphatic carbocycles. The number of rotatable bonds is 8. The number of sulfone groups is 1. The number of methoxy groups -OCH3 is 2. The van der Waals surface area contributed by atoms with E-state index in [1.54, 1.807) is 47.0 Å². The lowest BCUT2D eigenvalue weighted by atomic mass is 9.84. The third kappa shape index (κ3) is 4.98. The van der Waals surface area contributed by atoms with Crippen LogP contribution in [-0.2, 0) is 15.6 Å². The van der Waals surface area contributed by atoms with Crippen LogP contribution in [0.5, 0.6) is 11.5 Å². The molecule has 0 bridgehead atoms. The highest BCUT2D eigenvalue weighted by atomic mass is 32.2. The summed E-state index contributed by atoms with van der Waals surface area (Å²) >= 11 is 0. The normalized spacial score (nSPS) is 18.0. The number of para-hydroxylation sites is 1. The van der Waals surface area contributed by atoms with Gasteiger partial charge in [-0.2, -0.15) is 0 Å². The lowest BCUT2D eigenvalue weighted by Gasteiger charge is -2.29. The van der Waals surface area contributed by atoms with Crippen LogP contribution in [0.3, 0.4) is 0 Å². The van der Waals surface area contributed by atoms with Gasteiger partial charge in [0.05, 0.1) is 25.7 Å². The Kier molecular flexibility index (Phi) is 7.01. The fourth-order valence-electron chi connectivity index (χ4n) is 5.07. The Balaban J connectivity index is 1.52. The zero-order chi connectivity index (χ0) is 26.0. The molecular formula is C27H28FN3O5S. The van der Waals surface area contributed by atoms with Crippen LogP contribution in [-0.4, -0.2) is 42.7 Å². The average molecular weight is 526 g/mol. The molecule has 2 heterocycles. The highest BCUT2D eigenvalue weighted by Gasteiger charge is 2.35. The molecule has 0 aliphatic heterocycles. The van der Waals surface area contributed by atoms with Crippen molar-refractivity contribution in [2.24, 2.45) is 0 Å². The smallest absolute Gasteiger partial charge is 0.204 e. The van der Waals surface area contributed by atoms with Gasteiger partial charge < -0.3 is 13.9 Å². The van der Waals surface area contributed by atoms with Gasteiger partial charge in [-0.1, -0.05) is 24.6 Å². The molecule has 1 saturated carbocycles. The van der Waals surface area contributed by atoms with Gasteiger partial charge in [0.2, 0.25) is 5.82 Å². The second-order valence-corrected chi connectivity index (χ2v) is 11.4. The van der Waals surface area contributed by atoms with Crippen LogP contribution < -0.4 is 9.47 Å². The number of ether oxygens (including phenoxy) is 2. The fourth-order valence-corrected chi connectivity index (χ4v) is 6.90. The maximum Gasteiger partial charge on any atom is 0.204 e. The van der Waals surface area contributed by atoms with Crippen LogP contribution >= 0.6 is 0 Å². The molecule has 2 atom stereocenters. The quantitative estimate of drug-likeness (QED) is 0.307. The Morgan fingerprint density at radius 1 is 1.00 bits per heavy atom. The lowest BCUT2D eigenvalue weighted by Crippen LogP contribution is -2.29. The van der Waals surface area contributed by atoms with E-state index in [2.05, 4.69) is 10.2 Å². The summed E-state index contributed by atoms with van der Waals surface area (Å²) < 4.78 is 59.3. The predicted octanol–water partition coefficient (Wildman–Crippen LogP) is 5.32. The largest absolute Gasteiger partial charge is 0.494 e. The maximum absolute atomic E-state index is 13.7. The van der Waals surface area contributed by atoms with Crippen LogP contribution in [0.15, 0.2) is 65.3 Å². The summed E-state index contributed by atoms with van der Waals surface area (Å²) in [5.74, 6) is 1.38. The minimum atomic E-state index is -3.62. The van der Waals surface area contributed by atoms with Crippen LogP contribution in [0.25, 0.3) is 17.3 Å². The molecule has 194 valence electrons. The van der Waals surface area contributed by atoms with Crippen LogP contribution in [0, 0.1) is 5.82 Å². The van der Waals surface area contributed by atoms with Gasteiger partial charge in [-0.25, -0.2) is 12.8 Å². The molecule has 0 spiro atoms. The lowest BCUT2D eigenvalue weighted by molar-refractivity contribution is 0.390. The Labute approximate surface area is 215 Å². The van der Waals surface area contributed by atoms with Crippen molar-refractivity contribution in [3.05, 3.63) is 78.1 Å². The van der Waals surface area contributed by atoms with Gasteiger partial charge in [0.1, 0.15) is 28.8 Å². The first-order valence-electron chi connectivity index (χ1n) is 12.1. The number of aromatic nitrogens is 3. The van der Waals surface area contributed by atoms with Crippen molar-refractivity contribution in [2.75, 3.05) is 14.2 Å². The SMILES string of the molecule is COc1cccc(OC)c1-n1c(CS(=O)(=O)[C@H]2CCC[C@H](c3ccc(F)cc3)C2)nnc1-c1ccco1. The molecule has 37 heavy (non-hydrogen) atoms. The summed E-state index contributed by atoms with van der Waals surface area (Å²) in [7, 11) is -0.558. The van der Waals surface area contributed by atoms with Gasteiger partial charge >= 0.3 is 0 Å². The number of benzene rings is 2. The van der Waals surface area contributed by atoms with E-state index in [0.717, 1.165) is 18.4 Å².